The number of aliphatic carboxylic acids is 1. The van der Waals surface area contributed by atoms with E-state index in [2.05, 4.69) is 0 Å². The van der Waals surface area contributed by atoms with Crippen LogP contribution in [0.3, 0.4) is 0 Å². The van der Waals surface area contributed by atoms with Crippen LogP contribution in [0.4, 0.5) is 0 Å². The molecule has 0 spiro atoms. The Bertz CT molecular complexity index is 826. The SMILES string of the molecule is CC(CCCCCCCCCC(=O)[O-])C(O)(c1ccccc1)c1ccc(C(=O)[O-])cc1.[Na+].[Na+]. The van der Waals surface area contributed by atoms with Crippen molar-refractivity contribution in [3.8, 4) is 0 Å². The molecule has 0 fully saturated rings. The average molecular weight is 471 g/mol. The largest absolute Gasteiger partial charge is 1.00 e. The maximum atomic E-state index is 11.8. The number of carbonyl (C=O) groups excluding carboxylic acids is 2. The van der Waals surface area contributed by atoms with Crippen molar-refractivity contribution in [1.82, 2.24) is 0 Å². The van der Waals surface area contributed by atoms with Gasteiger partial charge in [0.2, 0.25) is 0 Å². The summed E-state index contributed by atoms with van der Waals surface area (Å²) in [5.41, 5.74) is 0.337. The van der Waals surface area contributed by atoms with Gasteiger partial charge in [0.1, 0.15) is 5.60 Å². The quantitative estimate of drug-likeness (QED) is 0.237. The van der Waals surface area contributed by atoms with Gasteiger partial charge in [-0.3, -0.25) is 0 Å². The van der Waals surface area contributed by atoms with Gasteiger partial charge in [0, 0.05) is 5.97 Å². The molecule has 0 amide bonds. The van der Waals surface area contributed by atoms with E-state index in [4.69, 9.17) is 0 Å². The number of carboxylic acid groups (broad SMARTS) is 2. The molecule has 0 saturated heterocycles. The third-order valence-corrected chi connectivity index (χ3v) is 6.01. The molecule has 5 nitrogen and oxygen atoms in total. The van der Waals surface area contributed by atoms with E-state index in [0.29, 0.717) is 12.0 Å². The van der Waals surface area contributed by atoms with Crippen LogP contribution in [0.15, 0.2) is 54.6 Å². The van der Waals surface area contributed by atoms with Gasteiger partial charge in [0.25, 0.3) is 0 Å². The summed E-state index contributed by atoms with van der Waals surface area (Å²) < 4.78 is 0. The molecule has 2 atom stereocenters. The maximum absolute atomic E-state index is 11.8. The molecule has 2 unspecified atom stereocenters. The first kappa shape index (κ1) is 32.3. The minimum atomic E-state index is -1.23. The number of rotatable bonds is 14. The zero-order valence-electron chi connectivity index (χ0n) is 20.2. The van der Waals surface area contributed by atoms with Crippen molar-refractivity contribution in [3.63, 3.8) is 0 Å². The predicted molar refractivity (Wildman–Crippen MR) is 116 cm³/mol. The average Bonchev–Trinajstić information content (AvgIpc) is 2.77. The molecule has 33 heavy (non-hydrogen) atoms. The Morgan fingerprint density at radius 1 is 0.788 bits per heavy atom. The molecule has 0 aromatic heterocycles. The molecule has 0 bridgehead atoms. The molecule has 0 saturated carbocycles. The molecule has 0 heterocycles. The van der Waals surface area contributed by atoms with Gasteiger partial charge >= 0.3 is 59.1 Å². The topological polar surface area (TPSA) is 100 Å². The van der Waals surface area contributed by atoms with E-state index in [0.717, 1.165) is 50.5 Å². The van der Waals surface area contributed by atoms with Gasteiger partial charge in [-0.1, -0.05) is 100 Å². The van der Waals surface area contributed by atoms with Crippen molar-refractivity contribution in [2.45, 2.75) is 70.3 Å². The fraction of sp³-hybridized carbons (Fsp3) is 0.462. The van der Waals surface area contributed by atoms with E-state index in [1.54, 1.807) is 12.1 Å². The van der Waals surface area contributed by atoms with E-state index >= 15 is 0 Å². The number of carbonyl (C=O) groups is 2. The van der Waals surface area contributed by atoms with Crippen molar-refractivity contribution in [2.75, 3.05) is 0 Å². The standard InChI is InChI=1S/C26H34O5.2Na/c1-20(12-8-5-3-2-4-6-11-15-24(27)28)26(31,22-13-9-7-10-14-22)23-18-16-21(17-19-23)25(29)30;;/h7,9-10,13-14,16-20,31H,2-6,8,11-12,15H2,1H3,(H,27,28)(H,29,30);;/q;2*+1/p-2. The van der Waals surface area contributed by atoms with Gasteiger partial charge < -0.3 is 24.9 Å². The van der Waals surface area contributed by atoms with Crippen LogP contribution in [0, 0.1) is 5.92 Å². The molecule has 2 rings (SSSR count). The van der Waals surface area contributed by atoms with Gasteiger partial charge in [-0.2, -0.15) is 0 Å². The smallest absolute Gasteiger partial charge is 0.550 e. The van der Waals surface area contributed by atoms with Crippen LogP contribution in [0.25, 0.3) is 0 Å². The first-order valence-electron chi connectivity index (χ1n) is 11.1. The van der Waals surface area contributed by atoms with E-state index in [-0.39, 0.29) is 77.0 Å². The van der Waals surface area contributed by atoms with E-state index in [1.165, 1.54) is 12.1 Å². The Balaban J connectivity index is 0.00000512. The minimum absolute atomic E-state index is 0. The summed E-state index contributed by atoms with van der Waals surface area (Å²) in [5.74, 6) is -2.27. The number of benzene rings is 2. The monoisotopic (exact) mass is 470 g/mol. The Labute approximate surface area is 241 Å². The molecule has 0 aliphatic carbocycles. The van der Waals surface area contributed by atoms with Gasteiger partial charge in [-0.15, -0.1) is 0 Å². The summed E-state index contributed by atoms with van der Waals surface area (Å²) in [7, 11) is 0. The molecule has 0 aliphatic heterocycles. The zero-order chi connectivity index (χ0) is 22.7. The van der Waals surface area contributed by atoms with Crippen LogP contribution >= 0.6 is 0 Å². The van der Waals surface area contributed by atoms with Crippen molar-refractivity contribution in [3.05, 3.63) is 71.3 Å². The molecule has 2 aromatic rings. The molecule has 7 heteroatoms. The molecule has 0 aliphatic rings. The number of hydrogen-bond donors (Lipinski definition) is 1. The Morgan fingerprint density at radius 2 is 1.27 bits per heavy atom. The van der Waals surface area contributed by atoms with Gasteiger partial charge in [-0.25, -0.2) is 0 Å². The Kier molecular flexibility index (Phi) is 16.5. The Hall–Kier alpha value is -0.660. The Morgan fingerprint density at radius 3 is 1.79 bits per heavy atom. The summed E-state index contributed by atoms with van der Waals surface area (Å²) in [5, 5.41) is 33.3. The van der Waals surface area contributed by atoms with E-state index in [9.17, 15) is 24.9 Å². The minimum Gasteiger partial charge on any atom is -0.550 e. The number of aliphatic hydroxyl groups is 1. The molecule has 1 N–H and O–H groups in total. The van der Waals surface area contributed by atoms with Crippen LogP contribution in [-0.4, -0.2) is 17.0 Å². The van der Waals surface area contributed by atoms with Crippen molar-refractivity contribution in [1.29, 1.82) is 0 Å². The normalized spacial score (nSPS) is 13.2. The summed E-state index contributed by atoms with van der Waals surface area (Å²) >= 11 is 0. The van der Waals surface area contributed by atoms with Gasteiger partial charge in [-0.05, 0) is 41.9 Å². The summed E-state index contributed by atoms with van der Waals surface area (Å²) in [6.45, 7) is 2.03. The first-order valence-corrected chi connectivity index (χ1v) is 11.1. The summed E-state index contributed by atoms with van der Waals surface area (Å²) in [4.78, 5) is 21.5. The van der Waals surface area contributed by atoms with Crippen LogP contribution < -0.4 is 69.3 Å². The summed E-state index contributed by atoms with van der Waals surface area (Å²) in [6, 6.07) is 15.8. The van der Waals surface area contributed by atoms with Crippen LogP contribution in [0.2, 0.25) is 0 Å². The third-order valence-electron chi connectivity index (χ3n) is 6.01. The molecule has 168 valence electrons. The molecule has 0 radical (unpaired) electrons. The fourth-order valence-corrected chi connectivity index (χ4v) is 4.10. The summed E-state index contributed by atoms with van der Waals surface area (Å²) in [6.07, 6.45) is 7.79. The molecular formula is C26H32Na2O5. The number of hydrogen-bond acceptors (Lipinski definition) is 5. The first-order chi connectivity index (χ1) is 14.9. The second-order valence-corrected chi connectivity index (χ2v) is 8.28. The zero-order valence-corrected chi connectivity index (χ0v) is 24.2. The predicted octanol–water partition coefficient (Wildman–Crippen LogP) is -2.81. The maximum Gasteiger partial charge on any atom is 1.00 e. The number of aromatic carboxylic acids is 1. The van der Waals surface area contributed by atoms with Gasteiger partial charge in [0.05, 0.1) is 5.97 Å². The fourth-order valence-electron chi connectivity index (χ4n) is 4.10. The van der Waals surface area contributed by atoms with Crippen molar-refractivity contribution < 1.29 is 84.0 Å². The molecule has 2 aromatic carbocycles. The molecular weight excluding hydrogens is 438 g/mol. The second kappa shape index (κ2) is 16.9. The second-order valence-electron chi connectivity index (χ2n) is 8.28. The number of unbranched alkanes of at least 4 members (excludes halogenated alkanes) is 6. The van der Waals surface area contributed by atoms with Crippen LogP contribution in [0.1, 0.15) is 86.2 Å². The third kappa shape index (κ3) is 10.2. The van der Waals surface area contributed by atoms with E-state index in [1.807, 2.05) is 37.3 Å². The van der Waals surface area contributed by atoms with Crippen LogP contribution in [0.5, 0.6) is 0 Å². The van der Waals surface area contributed by atoms with Gasteiger partial charge in [0.15, 0.2) is 0 Å². The van der Waals surface area contributed by atoms with Crippen LogP contribution in [-0.2, 0) is 10.4 Å². The van der Waals surface area contributed by atoms with E-state index < -0.39 is 17.5 Å². The number of carboxylic acids is 2. The van der Waals surface area contributed by atoms with Crippen molar-refractivity contribution >= 4 is 11.9 Å². The van der Waals surface area contributed by atoms with Crippen molar-refractivity contribution in [2.24, 2.45) is 5.92 Å².